The first-order valence-corrected chi connectivity index (χ1v) is 10.1. The molecule has 0 saturated carbocycles. The topological polar surface area (TPSA) is 56.8 Å². The lowest BCUT2D eigenvalue weighted by molar-refractivity contribution is 0.572. The summed E-state index contributed by atoms with van der Waals surface area (Å²) in [6.07, 6.45) is 4.55. The van der Waals surface area contributed by atoms with Gasteiger partial charge < -0.3 is 15.2 Å². The summed E-state index contributed by atoms with van der Waals surface area (Å²) >= 11 is 0. The SMILES string of the molecule is Cc1nc(NCCc2c(C)[nH]c3c(F)ccc(C)c23)cc(N2CCCCC2)n1. The number of hydrogen-bond acceptors (Lipinski definition) is 4. The molecule has 5 nitrogen and oxygen atoms in total. The van der Waals surface area contributed by atoms with Gasteiger partial charge in [0.1, 0.15) is 23.3 Å². The van der Waals surface area contributed by atoms with Crippen LogP contribution in [0.4, 0.5) is 16.0 Å². The zero-order valence-electron chi connectivity index (χ0n) is 16.9. The number of aromatic amines is 1. The summed E-state index contributed by atoms with van der Waals surface area (Å²) in [5, 5.41) is 4.45. The van der Waals surface area contributed by atoms with E-state index in [9.17, 15) is 4.39 Å². The van der Waals surface area contributed by atoms with Gasteiger partial charge in [0, 0.05) is 36.8 Å². The van der Waals surface area contributed by atoms with Crippen LogP contribution in [0.2, 0.25) is 0 Å². The van der Waals surface area contributed by atoms with E-state index in [4.69, 9.17) is 0 Å². The Morgan fingerprint density at radius 3 is 2.68 bits per heavy atom. The lowest BCUT2D eigenvalue weighted by Crippen LogP contribution is -2.30. The summed E-state index contributed by atoms with van der Waals surface area (Å²) in [6, 6.07) is 5.42. The molecule has 1 aromatic carbocycles. The van der Waals surface area contributed by atoms with Crippen LogP contribution in [0.25, 0.3) is 10.9 Å². The average Bonchev–Trinajstić information content (AvgIpc) is 3.03. The van der Waals surface area contributed by atoms with E-state index in [1.807, 2.05) is 32.9 Å². The Labute approximate surface area is 165 Å². The summed E-state index contributed by atoms with van der Waals surface area (Å²) < 4.78 is 14.1. The van der Waals surface area contributed by atoms with Gasteiger partial charge in [-0.05, 0) is 63.6 Å². The van der Waals surface area contributed by atoms with Crippen LogP contribution in [0.3, 0.4) is 0 Å². The first-order chi connectivity index (χ1) is 13.5. The summed E-state index contributed by atoms with van der Waals surface area (Å²) in [4.78, 5) is 14.7. The largest absolute Gasteiger partial charge is 0.370 e. The van der Waals surface area contributed by atoms with Crippen LogP contribution in [0.5, 0.6) is 0 Å². The van der Waals surface area contributed by atoms with Crippen molar-refractivity contribution in [2.75, 3.05) is 29.9 Å². The number of benzene rings is 1. The molecule has 6 heteroatoms. The van der Waals surface area contributed by atoms with Gasteiger partial charge in [-0.2, -0.15) is 0 Å². The van der Waals surface area contributed by atoms with Crippen molar-refractivity contribution >= 4 is 22.5 Å². The van der Waals surface area contributed by atoms with Crippen molar-refractivity contribution in [2.45, 2.75) is 46.5 Å². The lowest BCUT2D eigenvalue weighted by Gasteiger charge is -2.28. The van der Waals surface area contributed by atoms with Crippen LogP contribution in [-0.4, -0.2) is 34.6 Å². The molecule has 3 heterocycles. The lowest BCUT2D eigenvalue weighted by atomic mass is 10.0. The second-order valence-corrected chi connectivity index (χ2v) is 7.73. The predicted octanol–water partition coefficient (Wildman–Crippen LogP) is 4.67. The third kappa shape index (κ3) is 3.68. The summed E-state index contributed by atoms with van der Waals surface area (Å²) in [5.41, 5.74) is 3.90. The molecule has 0 radical (unpaired) electrons. The van der Waals surface area contributed by atoms with Crippen LogP contribution < -0.4 is 10.2 Å². The Balaban J connectivity index is 1.50. The van der Waals surface area contributed by atoms with Crippen LogP contribution in [0.1, 0.15) is 41.9 Å². The molecule has 3 aromatic rings. The van der Waals surface area contributed by atoms with Crippen molar-refractivity contribution < 1.29 is 4.39 Å². The molecule has 2 N–H and O–H groups in total. The van der Waals surface area contributed by atoms with Crippen LogP contribution in [0.15, 0.2) is 18.2 Å². The zero-order valence-corrected chi connectivity index (χ0v) is 16.9. The van der Waals surface area contributed by atoms with E-state index < -0.39 is 0 Å². The van der Waals surface area contributed by atoms with Gasteiger partial charge in [0.2, 0.25) is 0 Å². The van der Waals surface area contributed by atoms with Crippen molar-refractivity contribution in [1.29, 1.82) is 0 Å². The minimum Gasteiger partial charge on any atom is -0.370 e. The van der Waals surface area contributed by atoms with E-state index >= 15 is 0 Å². The number of nitrogens with zero attached hydrogens (tertiary/aromatic N) is 3. The van der Waals surface area contributed by atoms with Crippen LogP contribution in [0, 0.1) is 26.6 Å². The molecule has 148 valence electrons. The number of aryl methyl sites for hydroxylation is 3. The maximum Gasteiger partial charge on any atom is 0.147 e. The second kappa shape index (κ2) is 7.78. The van der Waals surface area contributed by atoms with Crippen LogP contribution >= 0.6 is 0 Å². The first-order valence-electron chi connectivity index (χ1n) is 10.1. The van der Waals surface area contributed by atoms with Crippen molar-refractivity contribution in [3.8, 4) is 0 Å². The summed E-state index contributed by atoms with van der Waals surface area (Å²) in [5.74, 6) is 2.46. The molecule has 4 rings (SSSR count). The van der Waals surface area contributed by atoms with Gasteiger partial charge in [0.05, 0.1) is 5.52 Å². The molecule has 0 unspecified atom stereocenters. The van der Waals surface area contributed by atoms with Crippen LogP contribution in [-0.2, 0) is 6.42 Å². The Morgan fingerprint density at radius 1 is 1.11 bits per heavy atom. The van der Waals surface area contributed by atoms with Gasteiger partial charge in [0.15, 0.2) is 0 Å². The van der Waals surface area contributed by atoms with Gasteiger partial charge in [-0.3, -0.25) is 0 Å². The van der Waals surface area contributed by atoms with E-state index in [0.29, 0.717) is 5.52 Å². The fourth-order valence-electron chi connectivity index (χ4n) is 4.20. The molecule has 0 aliphatic carbocycles. The van der Waals surface area contributed by atoms with Crippen molar-refractivity contribution in [3.05, 3.63) is 46.7 Å². The van der Waals surface area contributed by atoms with Gasteiger partial charge in [0.25, 0.3) is 0 Å². The zero-order chi connectivity index (χ0) is 19.7. The Kier molecular flexibility index (Phi) is 5.20. The fourth-order valence-corrected chi connectivity index (χ4v) is 4.20. The Bertz CT molecular complexity index is 988. The molecular formula is C22H28FN5. The highest BCUT2D eigenvalue weighted by Crippen LogP contribution is 2.28. The third-order valence-electron chi connectivity index (χ3n) is 5.62. The molecule has 0 atom stereocenters. The average molecular weight is 381 g/mol. The molecule has 28 heavy (non-hydrogen) atoms. The number of H-pyrrole nitrogens is 1. The van der Waals surface area contributed by atoms with E-state index in [1.54, 1.807) is 0 Å². The molecule has 0 bridgehead atoms. The number of fused-ring (bicyclic) bond motifs is 1. The van der Waals surface area contributed by atoms with Crippen molar-refractivity contribution in [2.24, 2.45) is 0 Å². The third-order valence-corrected chi connectivity index (χ3v) is 5.62. The first kappa shape index (κ1) is 18.7. The number of halogens is 1. The number of piperidine rings is 1. The van der Waals surface area contributed by atoms with E-state index in [2.05, 4.69) is 25.2 Å². The maximum atomic E-state index is 14.1. The van der Waals surface area contributed by atoms with Gasteiger partial charge in [-0.25, -0.2) is 14.4 Å². The molecule has 1 aliphatic heterocycles. The summed E-state index contributed by atoms with van der Waals surface area (Å²) in [7, 11) is 0. The monoisotopic (exact) mass is 381 g/mol. The molecular weight excluding hydrogens is 353 g/mol. The van der Waals surface area contributed by atoms with Gasteiger partial charge in [-0.15, -0.1) is 0 Å². The predicted molar refractivity (Wildman–Crippen MR) is 113 cm³/mol. The normalized spacial score (nSPS) is 14.6. The number of rotatable bonds is 5. The number of anilines is 2. The van der Waals surface area contributed by atoms with E-state index in [0.717, 1.165) is 60.2 Å². The second-order valence-electron chi connectivity index (χ2n) is 7.73. The number of aromatic nitrogens is 3. The number of nitrogens with one attached hydrogen (secondary N) is 2. The molecule has 0 amide bonds. The van der Waals surface area contributed by atoms with Gasteiger partial charge in [-0.1, -0.05) is 6.07 Å². The summed E-state index contributed by atoms with van der Waals surface area (Å²) in [6.45, 7) is 8.85. The smallest absolute Gasteiger partial charge is 0.147 e. The highest BCUT2D eigenvalue weighted by molar-refractivity contribution is 5.88. The Hall–Kier alpha value is -2.63. The molecule has 1 fully saturated rings. The number of hydrogen-bond donors (Lipinski definition) is 2. The minimum absolute atomic E-state index is 0.194. The molecule has 1 aliphatic rings. The van der Waals surface area contributed by atoms with E-state index in [-0.39, 0.29) is 5.82 Å². The van der Waals surface area contributed by atoms with Crippen molar-refractivity contribution in [1.82, 2.24) is 15.0 Å². The standard InChI is InChI=1S/C22H28FN5/c1-14-7-8-18(23)22-21(14)17(15(2)25-22)9-10-24-19-13-20(27-16(3)26-19)28-11-5-4-6-12-28/h7-8,13,25H,4-6,9-12H2,1-3H3,(H,24,26,27). The molecule has 0 spiro atoms. The van der Waals surface area contributed by atoms with E-state index in [1.165, 1.54) is 30.9 Å². The minimum atomic E-state index is -0.194. The quantitative estimate of drug-likeness (QED) is 0.674. The molecule has 1 saturated heterocycles. The highest BCUT2D eigenvalue weighted by atomic mass is 19.1. The van der Waals surface area contributed by atoms with Crippen molar-refractivity contribution in [3.63, 3.8) is 0 Å². The Morgan fingerprint density at radius 2 is 1.89 bits per heavy atom. The highest BCUT2D eigenvalue weighted by Gasteiger charge is 2.15. The molecule has 2 aromatic heterocycles. The fraction of sp³-hybridized carbons (Fsp3) is 0.455. The van der Waals surface area contributed by atoms with Gasteiger partial charge >= 0.3 is 0 Å². The maximum absolute atomic E-state index is 14.1.